The molecule has 2 fully saturated rings. The largest absolute Gasteiger partial charge is 0.489 e. The Morgan fingerprint density at radius 3 is 2.24 bits per heavy atom. The number of aryl methyl sites for hydroxylation is 2. The number of carbonyl (C=O) groups is 3. The zero-order chi connectivity index (χ0) is 33.1. The van der Waals surface area contributed by atoms with Crippen molar-refractivity contribution in [3.05, 3.63) is 63.6 Å². The summed E-state index contributed by atoms with van der Waals surface area (Å²) in [5.41, 5.74) is 3.70. The molecule has 3 amide bonds. The van der Waals surface area contributed by atoms with Crippen LogP contribution in [0.15, 0.2) is 41.7 Å². The van der Waals surface area contributed by atoms with E-state index in [0.29, 0.717) is 23.6 Å². The van der Waals surface area contributed by atoms with Gasteiger partial charge in [-0.25, -0.2) is 14.1 Å². The van der Waals surface area contributed by atoms with Crippen molar-refractivity contribution in [2.45, 2.75) is 85.7 Å². The number of ether oxygens (including phenoxy) is 3. The number of nitrogens with zero attached hydrogens (tertiary/aromatic N) is 2. The van der Waals surface area contributed by atoms with Crippen LogP contribution in [0.4, 0.5) is 20.6 Å². The Hall–Kier alpha value is -3.14. The van der Waals surface area contributed by atoms with Gasteiger partial charge in [0.15, 0.2) is 5.76 Å². The molecule has 1 aliphatic heterocycles. The third-order valence-corrected chi connectivity index (χ3v) is 8.04. The summed E-state index contributed by atoms with van der Waals surface area (Å²) >= 11 is 11.8. The van der Waals surface area contributed by atoms with Crippen molar-refractivity contribution in [1.82, 2.24) is 0 Å². The first kappa shape index (κ1) is 36.3. The molecule has 4 rings (SSSR count). The first-order chi connectivity index (χ1) is 21.6. The highest BCUT2D eigenvalue weighted by molar-refractivity contribution is 6.32. The lowest BCUT2D eigenvalue weighted by molar-refractivity contribution is -0.116. The van der Waals surface area contributed by atoms with Gasteiger partial charge in [-0.15, -0.1) is 11.6 Å². The van der Waals surface area contributed by atoms with Crippen LogP contribution in [0.1, 0.15) is 77.8 Å². The van der Waals surface area contributed by atoms with Crippen LogP contribution in [0.5, 0.6) is 5.75 Å². The highest BCUT2D eigenvalue weighted by atomic mass is 35.5. The summed E-state index contributed by atoms with van der Waals surface area (Å²) in [7, 11) is 0. The minimum atomic E-state index is -0.941. The van der Waals surface area contributed by atoms with Crippen LogP contribution >= 0.6 is 23.2 Å². The molecule has 11 heteroatoms. The molecule has 1 aliphatic carbocycles. The molecule has 0 radical (unpaired) electrons. The van der Waals surface area contributed by atoms with Crippen molar-refractivity contribution in [3.63, 3.8) is 0 Å². The van der Waals surface area contributed by atoms with Gasteiger partial charge in [0, 0.05) is 19.2 Å². The fourth-order valence-electron chi connectivity index (χ4n) is 5.25. The Kier molecular flexibility index (Phi) is 14.1. The van der Waals surface area contributed by atoms with E-state index in [4.69, 9.17) is 37.4 Å². The van der Waals surface area contributed by atoms with E-state index >= 15 is 0 Å². The van der Waals surface area contributed by atoms with Gasteiger partial charge in [-0.2, -0.15) is 0 Å². The van der Waals surface area contributed by atoms with Crippen molar-refractivity contribution in [2.24, 2.45) is 0 Å². The summed E-state index contributed by atoms with van der Waals surface area (Å²) in [6.45, 7) is 11.4. The summed E-state index contributed by atoms with van der Waals surface area (Å²) in [4.78, 5) is 39.0. The fourth-order valence-corrected chi connectivity index (χ4v) is 5.59. The van der Waals surface area contributed by atoms with Gasteiger partial charge in [0.1, 0.15) is 17.4 Å². The monoisotopic (exact) mass is 664 g/mol. The van der Waals surface area contributed by atoms with Crippen molar-refractivity contribution in [1.29, 1.82) is 0 Å². The molecule has 8 nitrogen and oxygen atoms in total. The van der Waals surface area contributed by atoms with Crippen molar-refractivity contribution < 1.29 is 33.0 Å². The standard InChI is InChI=1S/C17H17ClFNO4.C17H26ClNO2/c1-9(2)15-16(21)20(17(22)24-15)13-8-14(11(18)7-12(13)19)23-10-5-3-4-6-10;1-4-11-21-12-10-19(16(20)13-18)17-14(5-2)8-7-9-15(17)6-3/h7-8,10H,3-6H2,1-2H3;7-9H,4-6,10-13H2,1-3H3. The van der Waals surface area contributed by atoms with Gasteiger partial charge in [-0.05, 0) is 81.6 Å². The predicted molar refractivity (Wildman–Crippen MR) is 176 cm³/mol. The summed E-state index contributed by atoms with van der Waals surface area (Å²) in [6.07, 6.45) is 5.77. The zero-order valence-corrected chi connectivity index (χ0v) is 28.2. The average Bonchev–Trinajstić information content (AvgIpc) is 3.65. The molecule has 0 spiro atoms. The second-order valence-electron chi connectivity index (χ2n) is 11.0. The normalized spacial score (nSPS) is 14.8. The lowest BCUT2D eigenvalue weighted by Gasteiger charge is -2.27. The van der Waals surface area contributed by atoms with Crippen LogP contribution in [0, 0.1) is 5.82 Å². The van der Waals surface area contributed by atoms with Crippen molar-refractivity contribution >= 4 is 52.5 Å². The van der Waals surface area contributed by atoms with Crippen LogP contribution in [-0.2, 0) is 31.9 Å². The van der Waals surface area contributed by atoms with Crippen LogP contribution in [0.3, 0.4) is 0 Å². The molecule has 0 atom stereocenters. The minimum Gasteiger partial charge on any atom is -0.489 e. The van der Waals surface area contributed by atoms with Crippen LogP contribution in [-0.4, -0.2) is 49.7 Å². The molecule has 0 bridgehead atoms. The number of halogens is 3. The Labute approximate surface area is 275 Å². The molecule has 1 heterocycles. The maximum absolute atomic E-state index is 14.3. The maximum atomic E-state index is 14.3. The molecular formula is C34H43Cl2FN2O6. The first-order valence-electron chi connectivity index (χ1n) is 15.5. The lowest BCUT2D eigenvalue weighted by Crippen LogP contribution is -2.36. The molecule has 1 saturated heterocycles. The summed E-state index contributed by atoms with van der Waals surface area (Å²) in [5, 5.41) is 0.102. The number of anilines is 2. The summed E-state index contributed by atoms with van der Waals surface area (Å²) < 4.78 is 30.6. The summed E-state index contributed by atoms with van der Waals surface area (Å²) in [6, 6.07) is 8.54. The van der Waals surface area contributed by atoms with E-state index in [-0.39, 0.29) is 40.1 Å². The predicted octanol–water partition coefficient (Wildman–Crippen LogP) is 8.39. The van der Waals surface area contributed by atoms with E-state index < -0.39 is 17.8 Å². The fraction of sp³-hybridized carbons (Fsp3) is 0.500. The quantitative estimate of drug-likeness (QED) is 0.129. The van der Waals surface area contributed by atoms with E-state index in [0.717, 1.165) is 63.3 Å². The number of hydrogen-bond acceptors (Lipinski definition) is 6. The molecule has 2 aromatic rings. The van der Waals surface area contributed by atoms with E-state index in [1.165, 1.54) is 17.2 Å². The van der Waals surface area contributed by atoms with Crippen LogP contribution in [0.2, 0.25) is 5.02 Å². The number of alkyl halides is 1. The second kappa shape index (κ2) is 17.5. The molecule has 1 saturated carbocycles. The van der Waals surface area contributed by atoms with E-state index in [2.05, 4.69) is 39.0 Å². The zero-order valence-electron chi connectivity index (χ0n) is 26.7. The highest BCUT2D eigenvalue weighted by Crippen LogP contribution is 2.37. The molecule has 246 valence electrons. The van der Waals surface area contributed by atoms with Crippen LogP contribution in [0.25, 0.3) is 0 Å². The number of imide groups is 1. The van der Waals surface area contributed by atoms with E-state index in [1.54, 1.807) is 18.7 Å². The Morgan fingerprint density at radius 1 is 1.07 bits per heavy atom. The van der Waals surface area contributed by atoms with Gasteiger partial charge in [-0.1, -0.05) is 50.6 Å². The van der Waals surface area contributed by atoms with Crippen molar-refractivity contribution in [2.75, 3.05) is 35.4 Å². The number of benzene rings is 2. The third-order valence-electron chi connectivity index (χ3n) is 7.52. The molecule has 0 N–H and O–H groups in total. The van der Waals surface area contributed by atoms with Gasteiger partial charge in [0.25, 0.3) is 0 Å². The number of para-hydroxylation sites is 1. The van der Waals surface area contributed by atoms with Crippen LogP contribution < -0.4 is 14.5 Å². The molecule has 2 aliphatic rings. The van der Waals surface area contributed by atoms with Gasteiger partial charge >= 0.3 is 12.0 Å². The Balaban J connectivity index is 0.000000248. The number of hydrogen-bond donors (Lipinski definition) is 0. The Morgan fingerprint density at radius 2 is 1.71 bits per heavy atom. The maximum Gasteiger partial charge on any atom is 0.427 e. The van der Waals surface area contributed by atoms with Gasteiger partial charge in [0.05, 0.1) is 29.1 Å². The van der Waals surface area contributed by atoms with E-state index in [9.17, 15) is 18.8 Å². The molecule has 0 unspecified atom stereocenters. The highest BCUT2D eigenvalue weighted by Gasteiger charge is 2.40. The summed E-state index contributed by atoms with van der Waals surface area (Å²) in [5.74, 6) is -1.40. The Bertz CT molecular complexity index is 1370. The minimum absolute atomic E-state index is 0.00498. The number of rotatable bonds is 12. The lowest BCUT2D eigenvalue weighted by atomic mass is 10.0. The number of amides is 3. The molecular weight excluding hydrogens is 622 g/mol. The number of allylic oxidation sites excluding steroid dienone is 1. The van der Waals surface area contributed by atoms with Gasteiger partial charge in [-0.3, -0.25) is 9.59 Å². The van der Waals surface area contributed by atoms with Gasteiger partial charge in [0.2, 0.25) is 5.91 Å². The van der Waals surface area contributed by atoms with Crippen molar-refractivity contribution in [3.8, 4) is 5.75 Å². The first-order valence-corrected chi connectivity index (χ1v) is 16.4. The van der Waals surface area contributed by atoms with Gasteiger partial charge < -0.3 is 19.1 Å². The molecule has 0 aromatic heterocycles. The second-order valence-corrected chi connectivity index (χ2v) is 11.7. The third kappa shape index (κ3) is 9.21. The SMILES string of the molecule is CC(C)=C1OC(=O)N(c2cc(OC3CCCC3)c(Cl)cc2F)C1=O.CCCOCCN(C(=O)CCl)c1c(CC)cccc1CC. The number of cyclic esters (lactones) is 1. The number of carbonyl (C=O) groups excluding carboxylic acids is 3. The average molecular weight is 666 g/mol. The molecule has 45 heavy (non-hydrogen) atoms. The topological polar surface area (TPSA) is 85.4 Å². The van der Waals surface area contributed by atoms with E-state index in [1.807, 2.05) is 0 Å². The smallest absolute Gasteiger partial charge is 0.427 e. The molecule has 2 aromatic carbocycles.